The zero-order chi connectivity index (χ0) is 10.7. The Morgan fingerprint density at radius 3 is 2.80 bits per heavy atom. The Hall–Kier alpha value is -0.830. The van der Waals surface area contributed by atoms with E-state index in [1.54, 1.807) is 0 Å². The first-order valence-corrected chi connectivity index (χ1v) is 6.08. The van der Waals surface area contributed by atoms with Gasteiger partial charge in [-0.15, -0.1) is 0 Å². The predicted molar refractivity (Wildman–Crippen MR) is 63.6 cm³/mol. The highest BCUT2D eigenvalue weighted by Crippen LogP contribution is 2.28. The minimum Gasteiger partial charge on any atom is -0.356 e. The molecule has 0 radical (unpaired) electrons. The molecular formula is C12H14BrNO. The lowest BCUT2D eigenvalue weighted by atomic mass is 10.1. The fraction of sp³-hybridized carbons (Fsp3) is 0.417. The van der Waals surface area contributed by atoms with Gasteiger partial charge in [-0.25, -0.2) is 0 Å². The summed E-state index contributed by atoms with van der Waals surface area (Å²) in [6.07, 6.45) is 3.03. The largest absolute Gasteiger partial charge is 0.356 e. The van der Waals surface area contributed by atoms with Crippen LogP contribution >= 0.6 is 15.9 Å². The summed E-state index contributed by atoms with van der Waals surface area (Å²) in [4.78, 5) is 11.4. The second-order valence-corrected chi connectivity index (χ2v) is 4.76. The van der Waals surface area contributed by atoms with Crippen molar-refractivity contribution in [2.75, 3.05) is 6.54 Å². The lowest BCUT2D eigenvalue weighted by Crippen LogP contribution is -2.26. The van der Waals surface area contributed by atoms with Crippen LogP contribution in [0.2, 0.25) is 0 Å². The number of rotatable bonds is 4. The Morgan fingerprint density at radius 1 is 1.40 bits per heavy atom. The highest BCUT2D eigenvalue weighted by atomic mass is 79.9. The summed E-state index contributed by atoms with van der Waals surface area (Å²) >= 11 is 3.49. The maximum atomic E-state index is 11.4. The average Bonchev–Trinajstić information content (AvgIpc) is 3.04. The van der Waals surface area contributed by atoms with Crippen molar-refractivity contribution in [3.8, 4) is 0 Å². The van der Waals surface area contributed by atoms with Gasteiger partial charge in [0.15, 0.2) is 0 Å². The molecule has 1 saturated carbocycles. The van der Waals surface area contributed by atoms with Crippen molar-refractivity contribution < 1.29 is 4.79 Å². The number of amides is 1. The van der Waals surface area contributed by atoms with Crippen LogP contribution in [0, 0.1) is 5.92 Å². The van der Waals surface area contributed by atoms with Gasteiger partial charge in [0.1, 0.15) is 0 Å². The molecule has 1 aromatic carbocycles. The number of benzene rings is 1. The Morgan fingerprint density at radius 2 is 2.13 bits per heavy atom. The molecule has 0 aromatic heterocycles. The molecule has 0 unspecified atom stereocenters. The monoisotopic (exact) mass is 267 g/mol. The van der Waals surface area contributed by atoms with Gasteiger partial charge < -0.3 is 5.32 Å². The first-order valence-electron chi connectivity index (χ1n) is 5.28. The third-order valence-electron chi connectivity index (χ3n) is 2.60. The normalized spacial score (nSPS) is 15.0. The number of halogens is 1. The number of nitrogens with one attached hydrogen (secondary N) is 1. The molecule has 2 nitrogen and oxygen atoms in total. The van der Waals surface area contributed by atoms with Gasteiger partial charge in [0.25, 0.3) is 0 Å². The molecule has 1 aliphatic carbocycles. The van der Waals surface area contributed by atoms with Crippen LogP contribution in [0.3, 0.4) is 0 Å². The molecule has 0 atom stereocenters. The van der Waals surface area contributed by atoms with E-state index < -0.39 is 0 Å². The molecule has 0 bridgehead atoms. The minimum absolute atomic E-state index is 0.224. The molecule has 0 saturated heterocycles. The van der Waals surface area contributed by atoms with Crippen molar-refractivity contribution in [1.29, 1.82) is 0 Å². The van der Waals surface area contributed by atoms with Crippen LogP contribution in [0.1, 0.15) is 18.4 Å². The highest BCUT2D eigenvalue weighted by molar-refractivity contribution is 9.10. The smallest absolute Gasteiger partial charge is 0.223 e. The quantitative estimate of drug-likeness (QED) is 0.893. The fourth-order valence-electron chi connectivity index (χ4n) is 1.51. The van der Waals surface area contributed by atoms with Gasteiger partial charge in [0.2, 0.25) is 5.91 Å². The predicted octanol–water partition coefficient (Wildman–Crippen LogP) is 2.52. The Labute approximate surface area is 98.2 Å². The van der Waals surface area contributed by atoms with E-state index in [9.17, 15) is 4.79 Å². The molecule has 1 aromatic rings. The number of hydrogen-bond donors (Lipinski definition) is 1. The summed E-state index contributed by atoms with van der Waals surface area (Å²) in [5.74, 6) is 0.534. The summed E-state index contributed by atoms with van der Waals surface area (Å²) in [6.45, 7) is 0.734. The maximum Gasteiger partial charge on any atom is 0.223 e. The molecule has 1 fully saturated rings. The SMILES string of the molecule is O=C(NCCc1ccccc1Br)C1CC1. The summed E-state index contributed by atoms with van der Waals surface area (Å²) in [5, 5.41) is 2.96. The summed E-state index contributed by atoms with van der Waals surface area (Å²) in [6, 6.07) is 8.12. The van der Waals surface area contributed by atoms with E-state index in [4.69, 9.17) is 0 Å². The molecule has 3 heteroatoms. The van der Waals surface area contributed by atoms with Gasteiger partial charge in [0, 0.05) is 16.9 Å². The van der Waals surface area contributed by atoms with Crippen molar-refractivity contribution in [2.24, 2.45) is 5.92 Å². The first-order chi connectivity index (χ1) is 7.27. The summed E-state index contributed by atoms with van der Waals surface area (Å²) in [5.41, 5.74) is 1.24. The molecule has 2 rings (SSSR count). The van der Waals surface area contributed by atoms with Crippen LogP contribution in [0.15, 0.2) is 28.7 Å². The molecule has 0 aliphatic heterocycles. The average molecular weight is 268 g/mol. The van der Waals surface area contributed by atoms with E-state index in [1.807, 2.05) is 18.2 Å². The van der Waals surface area contributed by atoms with E-state index in [1.165, 1.54) is 5.56 Å². The van der Waals surface area contributed by atoms with E-state index in [2.05, 4.69) is 27.3 Å². The van der Waals surface area contributed by atoms with E-state index in [0.717, 1.165) is 30.3 Å². The van der Waals surface area contributed by atoms with Gasteiger partial charge >= 0.3 is 0 Å². The summed E-state index contributed by atoms with van der Waals surface area (Å²) < 4.78 is 1.12. The highest BCUT2D eigenvalue weighted by Gasteiger charge is 2.28. The number of carbonyl (C=O) groups is 1. The molecule has 1 N–H and O–H groups in total. The van der Waals surface area contributed by atoms with Crippen LogP contribution in [0.4, 0.5) is 0 Å². The van der Waals surface area contributed by atoms with E-state index in [-0.39, 0.29) is 5.91 Å². The van der Waals surface area contributed by atoms with Crippen LogP contribution in [0.5, 0.6) is 0 Å². The fourth-order valence-corrected chi connectivity index (χ4v) is 1.99. The first kappa shape index (κ1) is 10.7. The molecule has 15 heavy (non-hydrogen) atoms. The second-order valence-electron chi connectivity index (χ2n) is 3.91. The minimum atomic E-state index is 0.224. The maximum absolute atomic E-state index is 11.4. The third-order valence-corrected chi connectivity index (χ3v) is 3.37. The van der Waals surface area contributed by atoms with Gasteiger partial charge in [0.05, 0.1) is 0 Å². The molecular weight excluding hydrogens is 254 g/mol. The molecule has 80 valence electrons. The van der Waals surface area contributed by atoms with Gasteiger partial charge in [-0.05, 0) is 30.9 Å². The van der Waals surface area contributed by atoms with E-state index >= 15 is 0 Å². The topological polar surface area (TPSA) is 29.1 Å². The van der Waals surface area contributed by atoms with Crippen molar-refractivity contribution in [1.82, 2.24) is 5.32 Å². The zero-order valence-electron chi connectivity index (χ0n) is 8.50. The Kier molecular flexibility index (Phi) is 3.41. The van der Waals surface area contributed by atoms with Crippen LogP contribution in [0.25, 0.3) is 0 Å². The van der Waals surface area contributed by atoms with Crippen LogP contribution in [-0.4, -0.2) is 12.5 Å². The standard InChI is InChI=1S/C12H14BrNO/c13-11-4-2-1-3-9(11)7-8-14-12(15)10-5-6-10/h1-4,10H,5-8H2,(H,14,15). The third kappa shape index (κ3) is 3.06. The second kappa shape index (κ2) is 4.79. The molecule has 1 aliphatic rings. The van der Waals surface area contributed by atoms with E-state index in [0.29, 0.717) is 5.92 Å². The Balaban J connectivity index is 1.78. The zero-order valence-corrected chi connectivity index (χ0v) is 10.1. The van der Waals surface area contributed by atoms with Gasteiger partial charge in [-0.1, -0.05) is 34.1 Å². The van der Waals surface area contributed by atoms with Crippen LogP contribution in [-0.2, 0) is 11.2 Å². The Bertz CT molecular complexity index is 360. The van der Waals surface area contributed by atoms with Gasteiger partial charge in [-0.2, -0.15) is 0 Å². The van der Waals surface area contributed by atoms with Crippen molar-refractivity contribution >= 4 is 21.8 Å². The van der Waals surface area contributed by atoms with Crippen molar-refractivity contribution in [3.05, 3.63) is 34.3 Å². The molecule has 1 amide bonds. The van der Waals surface area contributed by atoms with Crippen LogP contribution < -0.4 is 5.32 Å². The number of carbonyl (C=O) groups excluding carboxylic acids is 1. The number of hydrogen-bond acceptors (Lipinski definition) is 1. The van der Waals surface area contributed by atoms with Gasteiger partial charge in [-0.3, -0.25) is 4.79 Å². The molecule has 0 heterocycles. The lowest BCUT2D eigenvalue weighted by Gasteiger charge is -2.05. The molecule has 0 spiro atoms. The van der Waals surface area contributed by atoms with Crippen molar-refractivity contribution in [2.45, 2.75) is 19.3 Å². The summed E-state index contributed by atoms with van der Waals surface area (Å²) in [7, 11) is 0. The van der Waals surface area contributed by atoms with Crippen molar-refractivity contribution in [3.63, 3.8) is 0 Å². The lowest BCUT2D eigenvalue weighted by molar-refractivity contribution is -0.122.